The zero-order valence-corrected chi connectivity index (χ0v) is 14.4. The van der Waals surface area contributed by atoms with Gasteiger partial charge in [-0.25, -0.2) is 4.79 Å². The minimum atomic E-state index is -0.956. The van der Waals surface area contributed by atoms with E-state index >= 15 is 0 Å². The third-order valence-electron chi connectivity index (χ3n) is 3.92. The maximum absolute atomic E-state index is 12.2. The van der Waals surface area contributed by atoms with Crippen molar-refractivity contribution in [3.05, 3.63) is 34.9 Å². The molecule has 0 bridgehead atoms. The molecule has 1 N–H and O–H groups in total. The fraction of sp³-hybridized carbons (Fsp3) is 0.588. The van der Waals surface area contributed by atoms with Crippen LogP contribution in [0.25, 0.3) is 0 Å². The highest BCUT2D eigenvalue weighted by molar-refractivity contribution is 6.30. The van der Waals surface area contributed by atoms with Gasteiger partial charge in [0.05, 0.1) is 5.60 Å². The number of likely N-dealkylation sites (tertiary alicyclic amines) is 1. The number of ether oxygens (including phenoxy) is 1. The van der Waals surface area contributed by atoms with Gasteiger partial charge >= 0.3 is 6.09 Å². The summed E-state index contributed by atoms with van der Waals surface area (Å²) < 4.78 is 5.42. The van der Waals surface area contributed by atoms with Crippen LogP contribution in [0.1, 0.15) is 46.1 Å². The van der Waals surface area contributed by atoms with Crippen molar-refractivity contribution in [3.63, 3.8) is 0 Å². The fourth-order valence-electron chi connectivity index (χ4n) is 2.86. The first-order valence-electron chi connectivity index (χ1n) is 7.59. The molecule has 0 aliphatic carbocycles. The van der Waals surface area contributed by atoms with E-state index in [1.165, 1.54) is 0 Å². The lowest BCUT2D eigenvalue weighted by molar-refractivity contribution is -0.0546. The highest BCUT2D eigenvalue weighted by atomic mass is 35.5. The highest BCUT2D eigenvalue weighted by Crippen LogP contribution is 2.37. The minimum Gasteiger partial charge on any atom is -0.444 e. The molecule has 1 aliphatic heterocycles. The Morgan fingerprint density at radius 2 is 2.14 bits per heavy atom. The quantitative estimate of drug-likeness (QED) is 0.850. The number of piperidine rings is 1. The van der Waals surface area contributed by atoms with Crippen LogP contribution >= 0.6 is 11.6 Å². The molecule has 0 saturated carbocycles. The molecule has 2 atom stereocenters. The average Bonchev–Trinajstić information content (AvgIpc) is 2.36. The number of halogens is 1. The lowest BCUT2D eigenvalue weighted by Gasteiger charge is -2.43. The Labute approximate surface area is 137 Å². The van der Waals surface area contributed by atoms with Gasteiger partial charge in [-0.3, -0.25) is 0 Å². The largest absolute Gasteiger partial charge is 0.444 e. The van der Waals surface area contributed by atoms with E-state index in [2.05, 4.69) is 0 Å². The molecule has 22 heavy (non-hydrogen) atoms. The summed E-state index contributed by atoms with van der Waals surface area (Å²) in [5.41, 5.74) is -0.670. The average molecular weight is 326 g/mol. The summed E-state index contributed by atoms with van der Waals surface area (Å²) in [5, 5.41) is 11.5. The van der Waals surface area contributed by atoms with Crippen molar-refractivity contribution in [1.82, 2.24) is 4.90 Å². The summed E-state index contributed by atoms with van der Waals surface area (Å²) in [6.07, 6.45) is 0.608. The van der Waals surface area contributed by atoms with E-state index in [1.54, 1.807) is 17.0 Å². The van der Waals surface area contributed by atoms with Crippen molar-refractivity contribution in [1.29, 1.82) is 0 Å². The van der Waals surface area contributed by atoms with E-state index in [-0.39, 0.29) is 12.1 Å². The van der Waals surface area contributed by atoms with Gasteiger partial charge in [0.15, 0.2) is 0 Å². The Kier molecular flexibility index (Phi) is 4.73. The molecule has 2 rings (SSSR count). The third-order valence-corrected chi connectivity index (χ3v) is 4.16. The van der Waals surface area contributed by atoms with E-state index < -0.39 is 11.2 Å². The van der Waals surface area contributed by atoms with Crippen LogP contribution in [0.15, 0.2) is 24.3 Å². The molecule has 1 amide bonds. The van der Waals surface area contributed by atoms with Crippen molar-refractivity contribution in [2.75, 3.05) is 6.54 Å². The van der Waals surface area contributed by atoms with E-state index in [1.807, 2.05) is 39.8 Å². The van der Waals surface area contributed by atoms with E-state index in [4.69, 9.17) is 16.3 Å². The highest BCUT2D eigenvalue weighted by Gasteiger charge is 2.40. The molecule has 0 spiro atoms. The smallest absolute Gasteiger partial charge is 0.410 e. The van der Waals surface area contributed by atoms with E-state index in [0.717, 1.165) is 5.56 Å². The van der Waals surface area contributed by atoms with Crippen LogP contribution in [0.5, 0.6) is 0 Å². The van der Waals surface area contributed by atoms with Crippen LogP contribution in [-0.4, -0.2) is 34.3 Å². The van der Waals surface area contributed by atoms with Crippen molar-refractivity contribution >= 4 is 17.7 Å². The molecule has 1 aromatic rings. The van der Waals surface area contributed by atoms with Crippen LogP contribution in [0, 0.1) is 0 Å². The molecule has 5 heteroatoms. The SMILES string of the molecule is CC1CC(O)(c2cccc(Cl)c2)CCN1C(=O)OC(C)(C)C. The molecule has 1 aliphatic rings. The predicted molar refractivity (Wildman–Crippen MR) is 87.0 cm³/mol. The number of amides is 1. The maximum Gasteiger partial charge on any atom is 0.410 e. The van der Waals surface area contributed by atoms with E-state index in [0.29, 0.717) is 24.4 Å². The zero-order chi connectivity index (χ0) is 16.5. The number of hydrogen-bond donors (Lipinski definition) is 1. The lowest BCUT2D eigenvalue weighted by Crippen LogP contribution is -2.51. The summed E-state index contributed by atoms with van der Waals surface area (Å²) in [7, 11) is 0. The molecule has 1 aromatic carbocycles. The van der Waals surface area contributed by atoms with Gasteiger partial charge in [0.2, 0.25) is 0 Å². The standard InChI is InChI=1S/C17H24ClNO3/c1-12-11-17(21,13-6-5-7-14(18)10-13)8-9-19(12)15(20)22-16(2,3)4/h5-7,10,12,21H,8-9,11H2,1-4H3. The number of hydrogen-bond acceptors (Lipinski definition) is 3. The van der Waals surface area contributed by atoms with Crippen LogP contribution in [0.3, 0.4) is 0 Å². The molecular formula is C17H24ClNO3. The van der Waals surface area contributed by atoms with E-state index in [9.17, 15) is 9.90 Å². The Balaban J connectivity index is 2.11. The number of nitrogens with zero attached hydrogens (tertiary/aromatic N) is 1. The van der Waals surface area contributed by atoms with Crippen LogP contribution in [0.4, 0.5) is 4.79 Å². The monoisotopic (exact) mass is 325 g/mol. The molecule has 122 valence electrons. The Bertz CT molecular complexity index is 555. The van der Waals surface area contributed by atoms with Gasteiger partial charge in [0.25, 0.3) is 0 Å². The van der Waals surface area contributed by atoms with Crippen LogP contribution < -0.4 is 0 Å². The summed E-state index contributed by atoms with van der Waals surface area (Å²) in [5.74, 6) is 0. The van der Waals surface area contributed by atoms with Crippen molar-refractivity contribution in [3.8, 4) is 0 Å². The molecule has 1 heterocycles. The Morgan fingerprint density at radius 1 is 1.45 bits per heavy atom. The normalized spacial score (nSPS) is 25.9. The Morgan fingerprint density at radius 3 is 2.68 bits per heavy atom. The number of carbonyl (C=O) groups is 1. The third kappa shape index (κ3) is 3.93. The number of carbonyl (C=O) groups excluding carboxylic acids is 1. The summed E-state index contributed by atoms with van der Waals surface area (Å²) in [6.45, 7) is 7.93. The van der Waals surface area contributed by atoms with Gasteiger partial charge in [-0.05, 0) is 51.8 Å². The molecule has 2 unspecified atom stereocenters. The summed E-state index contributed by atoms with van der Waals surface area (Å²) in [6, 6.07) is 7.18. The minimum absolute atomic E-state index is 0.104. The molecule has 0 radical (unpaired) electrons. The number of benzene rings is 1. The van der Waals surface area contributed by atoms with Crippen molar-refractivity contribution in [2.45, 2.75) is 57.8 Å². The molecular weight excluding hydrogens is 302 g/mol. The van der Waals surface area contributed by atoms with Gasteiger partial charge in [0, 0.05) is 24.0 Å². The Hall–Kier alpha value is -1.26. The van der Waals surface area contributed by atoms with Gasteiger partial charge in [-0.15, -0.1) is 0 Å². The maximum atomic E-state index is 12.2. The first-order chi connectivity index (χ1) is 10.1. The molecule has 1 saturated heterocycles. The first-order valence-corrected chi connectivity index (χ1v) is 7.97. The molecule has 0 aromatic heterocycles. The van der Waals surface area contributed by atoms with Gasteiger partial charge in [-0.2, -0.15) is 0 Å². The van der Waals surface area contributed by atoms with Gasteiger partial charge in [-0.1, -0.05) is 23.7 Å². The second-order valence-electron chi connectivity index (χ2n) is 7.02. The topological polar surface area (TPSA) is 49.8 Å². The zero-order valence-electron chi connectivity index (χ0n) is 13.6. The fourth-order valence-corrected chi connectivity index (χ4v) is 3.05. The lowest BCUT2D eigenvalue weighted by atomic mass is 9.81. The second-order valence-corrected chi connectivity index (χ2v) is 7.46. The summed E-state index contributed by atoms with van der Waals surface area (Å²) >= 11 is 6.02. The number of aliphatic hydroxyl groups is 1. The number of rotatable bonds is 1. The second kappa shape index (κ2) is 6.09. The van der Waals surface area contributed by atoms with Gasteiger partial charge in [0.1, 0.15) is 5.60 Å². The van der Waals surface area contributed by atoms with Gasteiger partial charge < -0.3 is 14.7 Å². The van der Waals surface area contributed by atoms with Crippen molar-refractivity contribution in [2.24, 2.45) is 0 Å². The van der Waals surface area contributed by atoms with Crippen LogP contribution in [0.2, 0.25) is 5.02 Å². The van der Waals surface area contributed by atoms with Crippen LogP contribution in [-0.2, 0) is 10.3 Å². The first kappa shape index (κ1) is 17.1. The predicted octanol–water partition coefficient (Wildman–Crippen LogP) is 3.95. The molecule has 1 fully saturated rings. The van der Waals surface area contributed by atoms with Crippen molar-refractivity contribution < 1.29 is 14.6 Å². The summed E-state index contributed by atoms with van der Waals surface area (Å²) in [4.78, 5) is 13.9. The molecule has 4 nitrogen and oxygen atoms in total.